The molecule has 0 spiro atoms. The largest absolute Gasteiger partial charge is 0.508 e. The van der Waals surface area contributed by atoms with Crippen molar-refractivity contribution in [2.75, 3.05) is 45.9 Å². The number of rotatable bonds is 5. The summed E-state index contributed by atoms with van der Waals surface area (Å²) in [6.07, 6.45) is 1.24. The van der Waals surface area contributed by atoms with Crippen LogP contribution in [-0.4, -0.2) is 88.6 Å². The SMILES string of the molecule is O=C1[C@H]2Cc3c([nH]c4ccc(Cl)cc34)[C@@H](c3cccc(O)c3)N2C(=O)CN1CCCN1CCOCC1. The number of phenols is 1. The first-order chi connectivity index (χ1) is 17.5. The molecule has 3 aliphatic rings. The predicted octanol–water partition coefficient (Wildman–Crippen LogP) is 2.93. The number of aromatic amines is 1. The van der Waals surface area contributed by atoms with Crippen LogP contribution in [0.15, 0.2) is 42.5 Å². The third-order valence-corrected chi connectivity index (χ3v) is 7.82. The van der Waals surface area contributed by atoms with Crippen molar-refractivity contribution in [1.29, 1.82) is 0 Å². The van der Waals surface area contributed by atoms with Crippen molar-refractivity contribution in [2.45, 2.75) is 24.9 Å². The van der Waals surface area contributed by atoms with Gasteiger partial charge in [0.05, 0.1) is 25.8 Å². The molecule has 2 fully saturated rings. The summed E-state index contributed by atoms with van der Waals surface area (Å²) >= 11 is 6.33. The van der Waals surface area contributed by atoms with Crippen LogP contribution in [0.4, 0.5) is 0 Å². The number of phenolic OH excluding ortho intramolecular Hbond substituents is 1. The Morgan fingerprint density at radius 2 is 1.92 bits per heavy atom. The number of fused-ring (bicyclic) bond motifs is 4. The summed E-state index contributed by atoms with van der Waals surface area (Å²) in [7, 11) is 0. The van der Waals surface area contributed by atoms with Crippen molar-refractivity contribution < 1.29 is 19.4 Å². The molecule has 0 aliphatic carbocycles. The molecule has 4 heterocycles. The van der Waals surface area contributed by atoms with Crippen molar-refractivity contribution >= 4 is 34.3 Å². The Morgan fingerprint density at radius 1 is 1.08 bits per heavy atom. The van der Waals surface area contributed by atoms with Gasteiger partial charge in [0.15, 0.2) is 0 Å². The zero-order valence-electron chi connectivity index (χ0n) is 20.0. The predicted molar refractivity (Wildman–Crippen MR) is 136 cm³/mol. The highest BCUT2D eigenvalue weighted by Crippen LogP contribution is 2.43. The van der Waals surface area contributed by atoms with E-state index in [1.807, 2.05) is 24.3 Å². The standard InChI is InChI=1S/C27H29ClN4O4/c28-18-5-6-22-20(14-18)21-15-23-27(35)31(8-2-7-30-9-11-36-12-10-30)16-24(34)32(23)26(25(21)29-22)17-3-1-4-19(33)13-17/h1,3-6,13-14,23,26,29,33H,2,7-12,15-16H2/t23-,26-/m1/s1. The summed E-state index contributed by atoms with van der Waals surface area (Å²) in [6, 6.07) is 11.5. The Balaban J connectivity index is 1.34. The number of amides is 2. The molecule has 6 rings (SSSR count). The molecule has 36 heavy (non-hydrogen) atoms. The maximum atomic E-state index is 13.8. The van der Waals surface area contributed by atoms with Gasteiger partial charge < -0.3 is 24.6 Å². The zero-order chi connectivity index (χ0) is 24.8. The molecule has 0 unspecified atom stereocenters. The van der Waals surface area contributed by atoms with Crippen molar-refractivity contribution in [3.63, 3.8) is 0 Å². The number of H-pyrrole nitrogens is 1. The average Bonchev–Trinajstić information content (AvgIpc) is 3.24. The van der Waals surface area contributed by atoms with E-state index in [9.17, 15) is 14.7 Å². The lowest BCUT2D eigenvalue weighted by molar-refractivity contribution is -0.158. The molecule has 2 aromatic carbocycles. The van der Waals surface area contributed by atoms with Gasteiger partial charge in [-0.3, -0.25) is 14.5 Å². The van der Waals surface area contributed by atoms with Crippen molar-refractivity contribution in [3.8, 4) is 5.75 Å². The maximum Gasteiger partial charge on any atom is 0.246 e. The third kappa shape index (κ3) is 4.13. The first-order valence-corrected chi connectivity index (χ1v) is 12.9. The summed E-state index contributed by atoms with van der Waals surface area (Å²) in [5, 5.41) is 11.8. The number of piperazine rings is 1. The van der Waals surface area contributed by atoms with E-state index in [0.29, 0.717) is 18.0 Å². The number of carbonyl (C=O) groups excluding carboxylic acids is 2. The van der Waals surface area contributed by atoms with E-state index >= 15 is 0 Å². The number of nitrogens with one attached hydrogen (secondary N) is 1. The molecule has 9 heteroatoms. The van der Waals surface area contributed by atoms with Gasteiger partial charge in [0.1, 0.15) is 11.8 Å². The van der Waals surface area contributed by atoms with Crippen LogP contribution in [0.3, 0.4) is 0 Å². The van der Waals surface area contributed by atoms with Crippen LogP contribution >= 0.6 is 11.6 Å². The Morgan fingerprint density at radius 3 is 2.72 bits per heavy atom. The third-order valence-electron chi connectivity index (χ3n) is 7.59. The van der Waals surface area contributed by atoms with Crippen LogP contribution in [0.5, 0.6) is 5.75 Å². The van der Waals surface area contributed by atoms with Gasteiger partial charge >= 0.3 is 0 Å². The Labute approximate surface area is 214 Å². The van der Waals surface area contributed by atoms with Crippen molar-refractivity contribution in [1.82, 2.24) is 19.7 Å². The topological polar surface area (TPSA) is 89.1 Å². The van der Waals surface area contributed by atoms with Crippen LogP contribution in [0, 0.1) is 0 Å². The monoisotopic (exact) mass is 508 g/mol. The maximum absolute atomic E-state index is 13.8. The van der Waals surface area contributed by atoms with Gasteiger partial charge in [-0.05, 0) is 47.9 Å². The highest BCUT2D eigenvalue weighted by molar-refractivity contribution is 6.31. The number of hydrogen-bond acceptors (Lipinski definition) is 5. The Bertz CT molecular complexity index is 1320. The zero-order valence-corrected chi connectivity index (χ0v) is 20.7. The minimum absolute atomic E-state index is 0.0243. The second kappa shape index (κ2) is 9.42. The van der Waals surface area contributed by atoms with Gasteiger partial charge in [-0.2, -0.15) is 0 Å². The quantitative estimate of drug-likeness (QED) is 0.553. The number of morpholine rings is 1. The van der Waals surface area contributed by atoms with E-state index in [-0.39, 0.29) is 24.1 Å². The molecule has 1 aromatic heterocycles. The summed E-state index contributed by atoms with van der Waals surface area (Å²) in [5.41, 5.74) is 3.55. The minimum Gasteiger partial charge on any atom is -0.508 e. The molecular weight excluding hydrogens is 480 g/mol. The molecule has 2 atom stereocenters. The molecule has 2 amide bonds. The fourth-order valence-corrected chi connectivity index (χ4v) is 6.06. The van der Waals surface area contributed by atoms with Gasteiger partial charge in [0.25, 0.3) is 0 Å². The second-order valence-electron chi connectivity index (χ2n) is 9.79. The van der Waals surface area contributed by atoms with E-state index in [2.05, 4.69) is 9.88 Å². The number of hydrogen-bond donors (Lipinski definition) is 2. The highest BCUT2D eigenvalue weighted by atomic mass is 35.5. The number of benzene rings is 2. The van der Waals surface area contributed by atoms with Crippen molar-refractivity contribution in [2.24, 2.45) is 0 Å². The molecule has 8 nitrogen and oxygen atoms in total. The minimum atomic E-state index is -0.604. The first-order valence-electron chi connectivity index (χ1n) is 12.5. The van der Waals surface area contributed by atoms with Gasteiger partial charge in [-0.1, -0.05) is 23.7 Å². The lowest BCUT2D eigenvalue weighted by Crippen LogP contribution is -2.63. The second-order valence-corrected chi connectivity index (χ2v) is 10.2. The van der Waals surface area contributed by atoms with Crippen LogP contribution in [-0.2, 0) is 20.7 Å². The smallest absolute Gasteiger partial charge is 0.246 e. The molecule has 0 radical (unpaired) electrons. The number of halogens is 1. The highest BCUT2D eigenvalue weighted by Gasteiger charge is 2.48. The Hall–Kier alpha value is -3.07. The average molecular weight is 509 g/mol. The van der Waals surface area contributed by atoms with Gasteiger partial charge in [0.2, 0.25) is 11.8 Å². The number of ether oxygens (including phenoxy) is 1. The molecule has 3 aromatic rings. The number of aromatic hydroxyl groups is 1. The van der Waals surface area contributed by atoms with Gasteiger partial charge in [-0.15, -0.1) is 0 Å². The van der Waals surface area contributed by atoms with Crippen LogP contribution in [0.1, 0.15) is 29.3 Å². The van der Waals surface area contributed by atoms with Crippen LogP contribution in [0.25, 0.3) is 10.9 Å². The molecular formula is C27H29ClN4O4. The number of carbonyl (C=O) groups is 2. The van der Waals surface area contributed by atoms with Gasteiger partial charge in [0, 0.05) is 54.2 Å². The van der Waals surface area contributed by atoms with E-state index in [4.69, 9.17) is 16.3 Å². The first kappa shape index (κ1) is 23.3. The van der Waals surface area contributed by atoms with E-state index in [1.165, 1.54) is 0 Å². The van der Waals surface area contributed by atoms with E-state index < -0.39 is 12.1 Å². The molecule has 0 bridgehead atoms. The Kier molecular flexibility index (Phi) is 6.11. The fourth-order valence-electron chi connectivity index (χ4n) is 5.88. The normalized spacial score (nSPS) is 22.7. The van der Waals surface area contributed by atoms with Crippen LogP contribution in [0.2, 0.25) is 5.02 Å². The van der Waals surface area contributed by atoms with Crippen molar-refractivity contribution in [3.05, 3.63) is 64.3 Å². The van der Waals surface area contributed by atoms with E-state index in [0.717, 1.165) is 67.0 Å². The summed E-state index contributed by atoms with van der Waals surface area (Å²) in [6.45, 7) is 4.79. The molecule has 188 valence electrons. The van der Waals surface area contributed by atoms with Gasteiger partial charge in [-0.25, -0.2) is 0 Å². The van der Waals surface area contributed by atoms with E-state index in [1.54, 1.807) is 28.0 Å². The molecule has 2 saturated heterocycles. The number of nitrogens with zero attached hydrogens (tertiary/aromatic N) is 3. The lowest BCUT2D eigenvalue weighted by Gasteiger charge is -2.47. The van der Waals surface area contributed by atoms with Crippen LogP contribution < -0.4 is 0 Å². The number of aromatic nitrogens is 1. The summed E-state index contributed by atoms with van der Waals surface area (Å²) in [4.78, 5) is 36.6. The summed E-state index contributed by atoms with van der Waals surface area (Å²) in [5.74, 6) is 0.0151. The molecule has 3 aliphatic heterocycles. The molecule has 2 N–H and O–H groups in total. The summed E-state index contributed by atoms with van der Waals surface area (Å²) < 4.78 is 5.42. The fraction of sp³-hybridized carbons (Fsp3) is 0.407. The molecule has 0 saturated carbocycles. The lowest BCUT2D eigenvalue weighted by atomic mass is 9.86.